The van der Waals surface area contributed by atoms with Gasteiger partial charge in [-0.2, -0.15) is 0 Å². The maximum absolute atomic E-state index is 10.9. The molecule has 4 heteroatoms. The summed E-state index contributed by atoms with van der Waals surface area (Å²) in [5.74, 6) is -1.33. The van der Waals surface area contributed by atoms with Crippen LogP contribution in [0.1, 0.15) is 21.5 Å². The minimum Gasteiger partial charge on any atom is -0.507 e. The lowest BCUT2D eigenvalue weighted by Crippen LogP contribution is -1.99. The van der Waals surface area contributed by atoms with Crippen LogP contribution in [0.2, 0.25) is 5.02 Å². The Kier molecular flexibility index (Phi) is 3.53. The second-order valence-electron chi connectivity index (χ2n) is 3.93. The number of carbonyl (C=O) groups is 1. The van der Waals surface area contributed by atoms with Crippen LogP contribution in [-0.4, -0.2) is 16.2 Å². The van der Waals surface area contributed by atoms with Crippen LogP contribution in [0.3, 0.4) is 0 Å². The van der Waals surface area contributed by atoms with E-state index in [0.29, 0.717) is 17.0 Å². The molecule has 0 aliphatic rings. The van der Waals surface area contributed by atoms with Gasteiger partial charge >= 0.3 is 5.97 Å². The Morgan fingerprint density at radius 2 is 1.89 bits per heavy atom. The summed E-state index contributed by atoms with van der Waals surface area (Å²) in [6, 6.07) is 11.9. The molecule has 0 saturated carbocycles. The Balaban J connectivity index is 2.35. The first-order valence-corrected chi connectivity index (χ1v) is 5.74. The van der Waals surface area contributed by atoms with E-state index in [0.717, 1.165) is 5.56 Å². The number of carboxylic acids is 1. The predicted molar refractivity (Wildman–Crippen MR) is 69.3 cm³/mol. The SMILES string of the molecule is O=C(O)c1cccc(Cc2cccc(Cl)c2)c1O. The largest absolute Gasteiger partial charge is 0.507 e. The molecule has 0 amide bonds. The average Bonchev–Trinajstić information content (AvgIpc) is 2.31. The van der Waals surface area contributed by atoms with Gasteiger partial charge in [-0.1, -0.05) is 35.9 Å². The van der Waals surface area contributed by atoms with Crippen LogP contribution in [0.15, 0.2) is 42.5 Å². The molecule has 0 heterocycles. The first kappa shape index (κ1) is 12.5. The topological polar surface area (TPSA) is 57.5 Å². The monoisotopic (exact) mass is 262 g/mol. The van der Waals surface area contributed by atoms with Gasteiger partial charge in [0.25, 0.3) is 0 Å². The number of rotatable bonds is 3. The quantitative estimate of drug-likeness (QED) is 0.892. The second-order valence-corrected chi connectivity index (χ2v) is 4.36. The van der Waals surface area contributed by atoms with Crippen molar-refractivity contribution in [1.82, 2.24) is 0 Å². The van der Waals surface area contributed by atoms with Crippen molar-refractivity contribution >= 4 is 17.6 Å². The van der Waals surface area contributed by atoms with Gasteiger partial charge in [0.05, 0.1) is 0 Å². The molecular weight excluding hydrogens is 252 g/mol. The molecule has 0 unspecified atom stereocenters. The zero-order valence-corrected chi connectivity index (χ0v) is 10.2. The number of halogens is 1. The van der Waals surface area contributed by atoms with E-state index in [1.54, 1.807) is 24.3 Å². The highest BCUT2D eigenvalue weighted by atomic mass is 35.5. The summed E-state index contributed by atoms with van der Waals surface area (Å²) in [7, 11) is 0. The van der Waals surface area contributed by atoms with E-state index < -0.39 is 5.97 Å². The van der Waals surface area contributed by atoms with Gasteiger partial charge in [-0.15, -0.1) is 0 Å². The summed E-state index contributed by atoms with van der Waals surface area (Å²) >= 11 is 5.88. The summed E-state index contributed by atoms with van der Waals surface area (Å²) in [5, 5.41) is 19.4. The fourth-order valence-corrected chi connectivity index (χ4v) is 1.99. The number of hydrogen-bond acceptors (Lipinski definition) is 2. The van der Waals surface area contributed by atoms with Crippen LogP contribution in [0.5, 0.6) is 5.75 Å². The molecule has 0 saturated heterocycles. The third-order valence-corrected chi connectivity index (χ3v) is 2.87. The number of aromatic carboxylic acids is 1. The number of hydrogen-bond donors (Lipinski definition) is 2. The van der Waals surface area contributed by atoms with Gasteiger partial charge in [-0.3, -0.25) is 0 Å². The van der Waals surface area contributed by atoms with Crippen molar-refractivity contribution in [2.75, 3.05) is 0 Å². The standard InChI is InChI=1S/C14H11ClO3/c15-11-5-1-3-9(8-11)7-10-4-2-6-12(13(10)16)14(17)18/h1-6,8,16H,7H2,(H,17,18). The van der Waals surface area contributed by atoms with E-state index in [-0.39, 0.29) is 11.3 Å². The van der Waals surface area contributed by atoms with Crippen LogP contribution < -0.4 is 0 Å². The Morgan fingerprint density at radius 1 is 1.17 bits per heavy atom. The number of carboxylic acid groups (broad SMARTS) is 1. The molecule has 0 bridgehead atoms. The number of para-hydroxylation sites is 1. The van der Waals surface area contributed by atoms with Crippen LogP contribution in [0.4, 0.5) is 0 Å². The normalized spacial score (nSPS) is 10.3. The molecule has 2 aromatic rings. The highest BCUT2D eigenvalue weighted by Gasteiger charge is 2.12. The third-order valence-electron chi connectivity index (χ3n) is 2.63. The van der Waals surface area contributed by atoms with E-state index in [1.165, 1.54) is 6.07 Å². The lowest BCUT2D eigenvalue weighted by atomic mass is 10.0. The van der Waals surface area contributed by atoms with Crippen LogP contribution >= 0.6 is 11.6 Å². The van der Waals surface area contributed by atoms with Crippen molar-refractivity contribution in [1.29, 1.82) is 0 Å². The summed E-state index contributed by atoms with van der Waals surface area (Å²) in [6.45, 7) is 0. The Hall–Kier alpha value is -2.00. The molecule has 0 aliphatic carbocycles. The molecule has 2 N–H and O–H groups in total. The fraction of sp³-hybridized carbons (Fsp3) is 0.0714. The number of aromatic hydroxyl groups is 1. The zero-order chi connectivity index (χ0) is 13.1. The van der Waals surface area contributed by atoms with Crippen LogP contribution in [0.25, 0.3) is 0 Å². The van der Waals surface area contributed by atoms with Crippen molar-refractivity contribution < 1.29 is 15.0 Å². The van der Waals surface area contributed by atoms with Crippen molar-refractivity contribution in [2.45, 2.75) is 6.42 Å². The molecule has 92 valence electrons. The van der Waals surface area contributed by atoms with Crippen molar-refractivity contribution in [2.24, 2.45) is 0 Å². The number of benzene rings is 2. The Bertz CT molecular complexity index is 593. The molecule has 0 spiro atoms. The van der Waals surface area contributed by atoms with E-state index in [2.05, 4.69) is 0 Å². The maximum Gasteiger partial charge on any atom is 0.339 e. The smallest absolute Gasteiger partial charge is 0.339 e. The summed E-state index contributed by atoms with van der Waals surface area (Å²) in [4.78, 5) is 10.9. The molecule has 0 radical (unpaired) electrons. The highest BCUT2D eigenvalue weighted by molar-refractivity contribution is 6.30. The molecule has 18 heavy (non-hydrogen) atoms. The summed E-state index contributed by atoms with van der Waals surface area (Å²) in [5.41, 5.74) is 1.40. The molecule has 0 atom stereocenters. The molecule has 0 fully saturated rings. The molecular formula is C14H11ClO3. The predicted octanol–water partition coefficient (Wildman–Crippen LogP) is 3.33. The van der Waals surface area contributed by atoms with Gasteiger partial charge in [0.2, 0.25) is 0 Å². The lowest BCUT2D eigenvalue weighted by Gasteiger charge is -2.07. The van der Waals surface area contributed by atoms with E-state index in [1.807, 2.05) is 12.1 Å². The second kappa shape index (κ2) is 5.10. The van der Waals surface area contributed by atoms with Crippen molar-refractivity contribution in [3.8, 4) is 5.75 Å². The summed E-state index contributed by atoms with van der Waals surface area (Å²) < 4.78 is 0. The first-order valence-electron chi connectivity index (χ1n) is 5.36. The fourth-order valence-electron chi connectivity index (χ4n) is 1.77. The van der Waals surface area contributed by atoms with E-state index >= 15 is 0 Å². The average molecular weight is 263 g/mol. The summed E-state index contributed by atoms with van der Waals surface area (Å²) in [6.07, 6.45) is 0.438. The van der Waals surface area contributed by atoms with Gasteiger partial charge in [-0.25, -0.2) is 4.79 Å². The molecule has 3 nitrogen and oxygen atoms in total. The minimum absolute atomic E-state index is 0.0884. The minimum atomic E-state index is -1.14. The molecule has 0 aliphatic heterocycles. The molecule has 2 aromatic carbocycles. The van der Waals surface area contributed by atoms with Crippen molar-refractivity contribution in [3.05, 3.63) is 64.2 Å². The van der Waals surface area contributed by atoms with Crippen LogP contribution in [-0.2, 0) is 6.42 Å². The van der Waals surface area contributed by atoms with Gasteiger partial charge < -0.3 is 10.2 Å². The molecule has 0 aromatic heterocycles. The maximum atomic E-state index is 10.9. The Morgan fingerprint density at radius 3 is 2.56 bits per heavy atom. The Labute approximate surface area is 109 Å². The third kappa shape index (κ3) is 2.63. The van der Waals surface area contributed by atoms with Gasteiger partial charge in [0.1, 0.15) is 11.3 Å². The van der Waals surface area contributed by atoms with Gasteiger partial charge in [0, 0.05) is 11.4 Å². The van der Waals surface area contributed by atoms with Crippen molar-refractivity contribution in [3.63, 3.8) is 0 Å². The highest BCUT2D eigenvalue weighted by Crippen LogP contribution is 2.25. The van der Waals surface area contributed by atoms with E-state index in [9.17, 15) is 9.90 Å². The zero-order valence-electron chi connectivity index (χ0n) is 9.43. The van der Waals surface area contributed by atoms with Gasteiger partial charge in [-0.05, 0) is 29.3 Å². The van der Waals surface area contributed by atoms with Crippen LogP contribution in [0, 0.1) is 0 Å². The van der Waals surface area contributed by atoms with E-state index in [4.69, 9.17) is 16.7 Å². The lowest BCUT2D eigenvalue weighted by molar-refractivity contribution is 0.0693. The first-order chi connectivity index (χ1) is 8.58. The van der Waals surface area contributed by atoms with Gasteiger partial charge in [0.15, 0.2) is 0 Å². The molecule has 2 rings (SSSR count). The number of phenols is 1.